The number of nitrogens with one attached hydrogen (secondary N) is 1. The quantitative estimate of drug-likeness (QED) is 0.734. The molecule has 0 amide bonds. The minimum Gasteiger partial charge on any atom is -0.375 e. The molecule has 3 heterocycles. The molecular weight excluding hydrogens is 395 g/mol. The maximum absolute atomic E-state index is 12.8. The predicted molar refractivity (Wildman–Crippen MR) is 99.9 cm³/mol. The lowest BCUT2D eigenvalue weighted by molar-refractivity contribution is -0.0982. The number of halogens is 3. The van der Waals surface area contributed by atoms with E-state index in [0.717, 1.165) is 31.8 Å². The van der Waals surface area contributed by atoms with Crippen molar-refractivity contribution in [2.75, 3.05) is 39.3 Å². The second kappa shape index (κ2) is 7.00. The summed E-state index contributed by atoms with van der Waals surface area (Å²) < 4.78 is 71.0. The molecule has 10 heteroatoms. The first-order valence-electron chi connectivity index (χ1n) is 9.34. The minimum atomic E-state index is -4.52. The summed E-state index contributed by atoms with van der Waals surface area (Å²) in [6, 6.07) is -0.921. The van der Waals surface area contributed by atoms with E-state index in [9.17, 15) is 21.6 Å². The molecule has 28 heavy (non-hydrogen) atoms. The van der Waals surface area contributed by atoms with Gasteiger partial charge in [0.15, 0.2) is 0 Å². The number of sulfonamides is 1. The summed E-state index contributed by atoms with van der Waals surface area (Å²) in [6.07, 6.45) is -2.66. The van der Waals surface area contributed by atoms with Crippen molar-refractivity contribution in [1.29, 1.82) is 0 Å². The van der Waals surface area contributed by atoms with E-state index in [1.165, 1.54) is 11.2 Å². The molecule has 160 valence electrons. The summed E-state index contributed by atoms with van der Waals surface area (Å²) in [5.41, 5.74) is -1.14. The molecule has 0 saturated carbocycles. The largest absolute Gasteiger partial charge is 0.430 e. The number of hydrogen-bond donors (Lipinski definition) is 1. The van der Waals surface area contributed by atoms with Crippen LogP contribution < -0.4 is 5.32 Å². The highest BCUT2D eigenvalue weighted by Gasteiger charge is 2.55. The molecule has 0 radical (unpaired) electrons. The molecule has 3 rings (SSSR count). The van der Waals surface area contributed by atoms with Gasteiger partial charge in [0, 0.05) is 38.1 Å². The second-order valence-corrected chi connectivity index (χ2v) is 10.9. The fraction of sp³-hybridized carbons (Fsp3) is 0.778. The van der Waals surface area contributed by atoms with Crippen LogP contribution in [0, 0.1) is 5.41 Å². The van der Waals surface area contributed by atoms with Crippen LogP contribution in [0.2, 0.25) is 0 Å². The first-order valence-corrected chi connectivity index (χ1v) is 10.8. The Morgan fingerprint density at radius 2 is 1.79 bits per heavy atom. The summed E-state index contributed by atoms with van der Waals surface area (Å²) >= 11 is 0. The van der Waals surface area contributed by atoms with Crippen LogP contribution >= 0.6 is 0 Å². The van der Waals surface area contributed by atoms with Gasteiger partial charge < -0.3 is 10.1 Å². The highest BCUT2D eigenvalue weighted by molar-refractivity contribution is 7.93. The molecule has 2 fully saturated rings. The zero-order valence-corrected chi connectivity index (χ0v) is 17.5. The van der Waals surface area contributed by atoms with Crippen molar-refractivity contribution in [3.8, 4) is 0 Å². The van der Waals surface area contributed by atoms with Crippen molar-refractivity contribution in [1.82, 2.24) is 14.5 Å². The standard InChI is InChI=1S/C18H28F3N3O3S/c1-13-14(5-6-15(22-13)18(19,20)21)28(25,26)24-11-17(12-24)9-23(10-17)7-8-27-16(2,3)4/h5-6,13,22H,7-12H2,1-4H3. The van der Waals surface area contributed by atoms with Gasteiger partial charge in [-0.05, 0) is 39.8 Å². The fourth-order valence-electron chi connectivity index (χ4n) is 3.91. The highest BCUT2D eigenvalue weighted by Crippen LogP contribution is 2.42. The highest BCUT2D eigenvalue weighted by atomic mass is 32.2. The molecule has 1 unspecified atom stereocenters. The summed E-state index contributed by atoms with van der Waals surface area (Å²) in [6.45, 7) is 11.3. The molecule has 3 aliphatic rings. The Morgan fingerprint density at radius 3 is 2.29 bits per heavy atom. The molecule has 1 spiro atoms. The van der Waals surface area contributed by atoms with Crippen LogP contribution in [0.4, 0.5) is 13.2 Å². The van der Waals surface area contributed by atoms with Crippen LogP contribution in [-0.2, 0) is 14.8 Å². The molecular formula is C18H28F3N3O3S. The Labute approximate surface area is 164 Å². The molecule has 6 nitrogen and oxygen atoms in total. The van der Waals surface area contributed by atoms with Crippen molar-refractivity contribution >= 4 is 10.0 Å². The van der Waals surface area contributed by atoms with Crippen molar-refractivity contribution in [3.63, 3.8) is 0 Å². The van der Waals surface area contributed by atoms with Gasteiger partial charge in [-0.15, -0.1) is 0 Å². The van der Waals surface area contributed by atoms with Gasteiger partial charge in [-0.2, -0.15) is 17.5 Å². The lowest BCUT2D eigenvalue weighted by Gasteiger charge is -2.59. The van der Waals surface area contributed by atoms with Gasteiger partial charge in [-0.1, -0.05) is 0 Å². The van der Waals surface area contributed by atoms with E-state index in [0.29, 0.717) is 19.7 Å². The summed E-state index contributed by atoms with van der Waals surface area (Å²) in [5.74, 6) is 0. The van der Waals surface area contributed by atoms with Gasteiger partial charge in [-0.25, -0.2) is 8.42 Å². The first kappa shape index (κ1) is 21.6. The van der Waals surface area contributed by atoms with Gasteiger partial charge in [-0.3, -0.25) is 4.90 Å². The van der Waals surface area contributed by atoms with E-state index < -0.39 is 27.9 Å². The second-order valence-electron chi connectivity index (χ2n) is 8.96. The Hall–Kier alpha value is -1.10. The molecule has 0 aromatic rings. The van der Waals surface area contributed by atoms with Crippen molar-refractivity contribution in [2.24, 2.45) is 5.41 Å². The third-order valence-electron chi connectivity index (χ3n) is 5.24. The number of allylic oxidation sites excluding steroid dienone is 3. The minimum absolute atomic E-state index is 0.0230. The molecule has 0 aromatic carbocycles. The van der Waals surface area contributed by atoms with Crippen LogP contribution in [0.5, 0.6) is 0 Å². The van der Waals surface area contributed by atoms with Crippen LogP contribution in [0.1, 0.15) is 27.7 Å². The summed E-state index contributed by atoms with van der Waals surface area (Å²) in [4.78, 5) is 2.21. The van der Waals surface area contributed by atoms with Gasteiger partial charge in [0.2, 0.25) is 10.0 Å². The molecule has 1 N–H and O–H groups in total. The number of rotatable bonds is 5. The van der Waals surface area contributed by atoms with Gasteiger partial charge in [0.25, 0.3) is 0 Å². The summed E-state index contributed by atoms with van der Waals surface area (Å²) in [5, 5.41) is 2.25. The van der Waals surface area contributed by atoms with Crippen molar-refractivity contribution in [3.05, 3.63) is 22.8 Å². The van der Waals surface area contributed by atoms with E-state index in [-0.39, 0.29) is 15.9 Å². The van der Waals surface area contributed by atoms with Crippen LogP contribution in [0.3, 0.4) is 0 Å². The number of hydrogen-bond acceptors (Lipinski definition) is 5. The smallest absolute Gasteiger partial charge is 0.375 e. The monoisotopic (exact) mass is 423 g/mol. The Balaban J connectivity index is 1.53. The topological polar surface area (TPSA) is 61.9 Å². The van der Waals surface area contributed by atoms with Crippen LogP contribution in [-0.4, -0.2) is 74.8 Å². The number of alkyl halides is 3. The summed E-state index contributed by atoms with van der Waals surface area (Å²) in [7, 11) is -3.77. The molecule has 0 aromatic heterocycles. The maximum atomic E-state index is 12.8. The average Bonchev–Trinajstić information content (AvgIpc) is 2.44. The van der Waals surface area contributed by atoms with E-state index in [1.54, 1.807) is 0 Å². The van der Waals surface area contributed by atoms with Crippen LogP contribution in [0.15, 0.2) is 22.8 Å². The Kier molecular flexibility index (Phi) is 5.40. The van der Waals surface area contributed by atoms with E-state index >= 15 is 0 Å². The zero-order chi connectivity index (χ0) is 21.0. The van der Waals surface area contributed by atoms with Gasteiger partial charge in [0.1, 0.15) is 5.70 Å². The lowest BCUT2D eigenvalue weighted by atomic mass is 9.74. The SMILES string of the molecule is CC1NC(C(F)(F)F)=CC=C1S(=O)(=O)N1CC2(CN(CCOC(C)(C)C)C2)C1. The zero-order valence-electron chi connectivity index (χ0n) is 16.6. The normalized spacial score (nSPS) is 26.2. The lowest BCUT2D eigenvalue weighted by Crippen LogP contribution is -2.73. The number of ether oxygens (including phenoxy) is 1. The molecule has 3 aliphatic heterocycles. The van der Waals surface area contributed by atoms with Crippen LogP contribution in [0.25, 0.3) is 0 Å². The fourth-order valence-corrected chi connectivity index (χ4v) is 5.84. The van der Waals surface area contributed by atoms with Crippen molar-refractivity contribution < 1.29 is 26.3 Å². The third kappa shape index (κ3) is 4.39. The molecule has 0 aliphatic carbocycles. The number of dihydropyridines is 1. The maximum Gasteiger partial charge on any atom is 0.430 e. The van der Waals surface area contributed by atoms with Crippen molar-refractivity contribution in [2.45, 2.75) is 45.5 Å². The first-order chi connectivity index (χ1) is 12.7. The predicted octanol–water partition coefficient (Wildman–Crippen LogP) is 2.07. The number of likely N-dealkylation sites (tertiary alicyclic amines) is 1. The van der Waals surface area contributed by atoms with E-state index in [1.807, 2.05) is 20.8 Å². The molecule has 1 atom stereocenters. The van der Waals surface area contributed by atoms with Gasteiger partial charge >= 0.3 is 6.18 Å². The van der Waals surface area contributed by atoms with E-state index in [4.69, 9.17) is 4.74 Å². The van der Waals surface area contributed by atoms with E-state index in [2.05, 4.69) is 10.2 Å². The Morgan fingerprint density at radius 1 is 1.18 bits per heavy atom. The molecule has 0 bridgehead atoms. The average molecular weight is 424 g/mol. The Bertz CT molecular complexity index is 770. The third-order valence-corrected chi connectivity index (χ3v) is 7.26. The van der Waals surface area contributed by atoms with Gasteiger partial charge in [0.05, 0.1) is 23.2 Å². The molecule has 2 saturated heterocycles. The number of nitrogens with zero attached hydrogens (tertiary/aromatic N) is 2.